The molecule has 0 aliphatic carbocycles. The van der Waals surface area contributed by atoms with E-state index in [1.165, 1.54) is 10.9 Å². The van der Waals surface area contributed by atoms with Crippen molar-refractivity contribution in [1.82, 2.24) is 14.9 Å². The summed E-state index contributed by atoms with van der Waals surface area (Å²) in [6.07, 6.45) is 2.55. The average Bonchev–Trinajstić information content (AvgIpc) is 2.53. The van der Waals surface area contributed by atoms with Crippen molar-refractivity contribution >= 4 is 32.7 Å². The van der Waals surface area contributed by atoms with E-state index < -0.39 is 0 Å². The number of benzene rings is 1. The van der Waals surface area contributed by atoms with Gasteiger partial charge in [-0.1, -0.05) is 29.8 Å². The molecule has 0 aliphatic heterocycles. The maximum atomic E-state index is 12.5. The minimum absolute atomic E-state index is 0.0279. The fourth-order valence-corrected chi connectivity index (χ4v) is 2.96. The molecule has 0 spiro atoms. The predicted octanol–water partition coefficient (Wildman–Crippen LogP) is 2.04. The largest absolute Gasteiger partial charge is 0.352 e. The molecule has 1 amide bonds. The Bertz CT molecular complexity index is 773. The lowest BCUT2D eigenvalue weighted by molar-refractivity contribution is -0.122. The van der Waals surface area contributed by atoms with Gasteiger partial charge in [0, 0.05) is 30.0 Å². The quantitative estimate of drug-likeness (QED) is 0.751. The zero-order valence-electron chi connectivity index (χ0n) is 14.0. The number of aryl methyl sites for hydroxylation is 1. The first-order chi connectivity index (χ1) is 11.4. The van der Waals surface area contributed by atoms with Gasteiger partial charge in [-0.15, -0.1) is 0 Å². The molecule has 0 saturated carbocycles. The van der Waals surface area contributed by atoms with Crippen LogP contribution in [0.15, 0.2) is 33.8 Å². The van der Waals surface area contributed by atoms with Crippen molar-refractivity contribution in [3.05, 3.63) is 39.4 Å². The number of nitrogens with zero attached hydrogens (tertiary/aromatic N) is 2. The van der Waals surface area contributed by atoms with Crippen molar-refractivity contribution in [3.8, 4) is 0 Å². The summed E-state index contributed by atoms with van der Waals surface area (Å²) in [4.78, 5) is 28.8. The predicted molar refractivity (Wildman–Crippen MR) is 98.8 cm³/mol. The Labute approximate surface area is 149 Å². The first-order valence-electron chi connectivity index (χ1n) is 8.05. The highest BCUT2D eigenvalue weighted by Gasteiger charge is 2.13. The molecule has 0 radical (unpaired) electrons. The first-order valence-corrected chi connectivity index (χ1v) is 8.84. The van der Waals surface area contributed by atoms with Gasteiger partial charge in [-0.25, -0.2) is 4.98 Å². The first kappa shape index (κ1) is 18.6. The summed E-state index contributed by atoms with van der Waals surface area (Å²) < 4.78 is 2.29. The molecular formula is C17H23BrN4O2. The van der Waals surface area contributed by atoms with Crippen LogP contribution in [0.4, 0.5) is 0 Å². The lowest BCUT2D eigenvalue weighted by atomic mass is 10.0. The number of hydrogen-bond acceptors (Lipinski definition) is 4. The van der Waals surface area contributed by atoms with Crippen molar-refractivity contribution in [2.24, 2.45) is 11.7 Å². The molecule has 0 bridgehead atoms. The Balaban J connectivity index is 2.04. The Morgan fingerprint density at radius 2 is 2.17 bits per heavy atom. The number of nitrogens with two attached hydrogens (primary N) is 1. The third-order valence-electron chi connectivity index (χ3n) is 3.77. The number of rotatable bonds is 7. The topological polar surface area (TPSA) is 90.0 Å². The molecule has 0 aliphatic rings. The van der Waals surface area contributed by atoms with E-state index in [4.69, 9.17) is 5.73 Å². The summed E-state index contributed by atoms with van der Waals surface area (Å²) >= 11 is 3.36. The van der Waals surface area contributed by atoms with Gasteiger partial charge in [0.2, 0.25) is 5.91 Å². The van der Waals surface area contributed by atoms with E-state index in [-0.39, 0.29) is 23.9 Å². The van der Waals surface area contributed by atoms with Gasteiger partial charge in [0.1, 0.15) is 0 Å². The smallest absolute Gasteiger partial charge is 0.261 e. The van der Waals surface area contributed by atoms with E-state index in [2.05, 4.69) is 40.1 Å². The number of fused-ring (bicyclic) bond motifs is 1. The summed E-state index contributed by atoms with van der Waals surface area (Å²) in [6, 6.07) is 5.35. The van der Waals surface area contributed by atoms with Crippen LogP contribution in [-0.4, -0.2) is 28.0 Å². The highest BCUT2D eigenvalue weighted by molar-refractivity contribution is 9.10. The molecule has 2 aromatic rings. The Morgan fingerprint density at radius 1 is 1.42 bits per heavy atom. The molecule has 24 heavy (non-hydrogen) atoms. The molecule has 2 rings (SSSR count). The Kier molecular flexibility index (Phi) is 6.51. The fraction of sp³-hybridized carbons (Fsp3) is 0.471. The number of halogens is 1. The summed E-state index contributed by atoms with van der Waals surface area (Å²) in [7, 11) is 0. The summed E-state index contributed by atoms with van der Waals surface area (Å²) in [6.45, 7) is 4.88. The molecule has 1 heterocycles. The normalized spacial score (nSPS) is 12.5. The summed E-state index contributed by atoms with van der Waals surface area (Å²) in [5, 5.41) is 3.46. The van der Waals surface area contributed by atoms with E-state index in [1.54, 1.807) is 12.1 Å². The van der Waals surface area contributed by atoms with Crippen LogP contribution in [0.3, 0.4) is 0 Å². The van der Waals surface area contributed by atoms with E-state index in [9.17, 15) is 9.59 Å². The highest BCUT2D eigenvalue weighted by Crippen LogP contribution is 2.14. The Hall–Kier alpha value is -1.73. The molecule has 0 fully saturated rings. The number of carbonyl (C=O) groups excluding carboxylic acids is 1. The van der Waals surface area contributed by atoms with Gasteiger partial charge in [-0.2, -0.15) is 0 Å². The average molecular weight is 395 g/mol. The van der Waals surface area contributed by atoms with Gasteiger partial charge in [-0.05, 0) is 30.5 Å². The fourth-order valence-electron chi connectivity index (χ4n) is 2.60. The summed E-state index contributed by atoms with van der Waals surface area (Å²) in [5.74, 6) is 0.358. The number of amides is 1. The van der Waals surface area contributed by atoms with Gasteiger partial charge in [0.05, 0.1) is 17.2 Å². The molecule has 1 aromatic heterocycles. The number of aromatic nitrogens is 2. The number of nitrogens with one attached hydrogen (secondary N) is 1. The Morgan fingerprint density at radius 3 is 2.83 bits per heavy atom. The van der Waals surface area contributed by atoms with Crippen LogP contribution in [0.1, 0.15) is 26.7 Å². The second-order valence-corrected chi connectivity index (χ2v) is 7.20. The SMILES string of the molecule is CC(C)CC(CN)NC(=O)CCn1cnc2ccc(Br)cc2c1=O. The zero-order chi connectivity index (χ0) is 17.7. The molecule has 130 valence electrons. The van der Waals surface area contributed by atoms with Crippen LogP contribution < -0.4 is 16.6 Å². The van der Waals surface area contributed by atoms with Gasteiger partial charge >= 0.3 is 0 Å². The van der Waals surface area contributed by atoms with Crippen LogP contribution in [-0.2, 0) is 11.3 Å². The van der Waals surface area contributed by atoms with Gasteiger partial charge in [0.15, 0.2) is 0 Å². The zero-order valence-corrected chi connectivity index (χ0v) is 15.5. The standard InChI is InChI=1S/C17H23BrN4O2/c1-11(2)7-13(9-19)21-16(23)5-6-22-10-20-15-4-3-12(18)8-14(15)17(22)24/h3-4,8,10-11,13H,5-7,9,19H2,1-2H3,(H,21,23). The van der Waals surface area contributed by atoms with Crippen molar-refractivity contribution < 1.29 is 4.79 Å². The highest BCUT2D eigenvalue weighted by atomic mass is 79.9. The van der Waals surface area contributed by atoms with Crippen molar-refractivity contribution in [2.75, 3.05) is 6.54 Å². The molecular weight excluding hydrogens is 372 g/mol. The van der Waals surface area contributed by atoms with Crippen LogP contribution in [0.5, 0.6) is 0 Å². The maximum Gasteiger partial charge on any atom is 0.261 e. The van der Waals surface area contributed by atoms with Crippen LogP contribution in [0.25, 0.3) is 10.9 Å². The van der Waals surface area contributed by atoms with Gasteiger partial charge in [-0.3, -0.25) is 14.2 Å². The molecule has 1 unspecified atom stereocenters. The van der Waals surface area contributed by atoms with Crippen molar-refractivity contribution in [3.63, 3.8) is 0 Å². The summed E-state index contributed by atoms with van der Waals surface area (Å²) in [5.41, 5.74) is 6.19. The van der Waals surface area contributed by atoms with Gasteiger partial charge in [0.25, 0.3) is 5.56 Å². The van der Waals surface area contributed by atoms with E-state index >= 15 is 0 Å². The molecule has 3 N–H and O–H groups in total. The lowest BCUT2D eigenvalue weighted by Crippen LogP contribution is -2.41. The monoisotopic (exact) mass is 394 g/mol. The minimum atomic E-state index is -0.147. The number of carbonyl (C=O) groups is 1. The minimum Gasteiger partial charge on any atom is -0.352 e. The second kappa shape index (κ2) is 8.39. The van der Waals surface area contributed by atoms with Gasteiger partial charge < -0.3 is 11.1 Å². The van der Waals surface area contributed by atoms with Crippen molar-refractivity contribution in [2.45, 2.75) is 39.3 Å². The van der Waals surface area contributed by atoms with E-state index in [0.29, 0.717) is 29.9 Å². The molecule has 7 heteroatoms. The number of hydrogen-bond donors (Lipinski definition) is 2. The van der Waals surface area contributed by atoms with Crippen LogP contribution in [0.2, 0.25) is 0 Å². The molecule has 0 saturated heterocycles. The lowest BCUT2D eigenvalue weighted by Gasteiger charge is -2.18. The van der Waals surface area contributed by atoms with E-state index in [1.807, 2.05) is 6.07 Å². The second-order valence-electron chi connectivity index (χ2n) is 6.28. The molecule has 1 aromatic carbocycles. The molecule has 6 nitrogen and oxygen atoms in total. The van der Waals surface area contributed by atoms with E-state index in [0.717, 1.165) is 10.9 Å². The van der Waals surface area contributed by atoms with Crippen LogP contribution in [0, 0.1) is 5.92 Å². The maximum absolute atomic E-state index is 12.5. The third kappa shape index (κ3) is 4.88. The van der Waals surface area contributed by atoms with Crippen molar-refractivity contribution in [1.29, 1.82) is 0 Å². The molecule has 1 atom stereocenters. The third-order valence-corrected chi connectivity index (χ3v) is 4.26. The van der Waals surface area contributed by atoms with Crippen LogP contribution >= 0.6 is 15.9 Å².